The monoisotopic (exact) mass is 376 g/mol. The standard InChI is InChI=1S/C19H24N2O4S/c1-13-3-2-4-14(9-13)12-26(24,25)21-15-5-6-16(21)11-17(10-15)20-18(22)7-8-19(20)23/h2-4,9,15-17H,5-8,10-12H2,1H3. The number of benzene rings is 1. The van der Waals surface area contributed by atoms with Crippen LogP contribution < -0.4 is 0 Å². The molecule has 0 saturated carbocycles. The molecule has 140 valence electrons. The second kappa shape index (κ2) is 6.46. The van der Waals surface area contributed by atoms with Crippen LogP contribution in [0.5, 0.6) is 0 Å². The zero-order valence-electron chi connectivity index (χ0n) is 14.9. The van der Waals surface area contributed by atoms with E-state index in [1.54, 1.807) is 4.31 Å². The summed E-state index contributed by atoms with van der Waals surface area (Å²) in [6, 6.07) is 7.25. The normalized spacial score (nSPS) is 29.6. The van der Waals surface area contributed by atoms with E-state index in [0.29, 0.717) is 25.7 Å². The predicted octanol–water partition coefficient (Wildman–Crippen LogP) is 1.97. The Hall–Kier alpha value is -1.73. The Morgan fingerprint density at radius 1 is 1.00 bits per heavy atom. The number of amides is 2. The number of aryl methyl sites for hydroxylation is 1. The van der Waals surface area contributed by atoms with Crippen molar-refractivity contribution >= 4 is 21.8 Å². The molecule has 2 unspecified atom stereocenters. The SMILES string of the molecule is Cc1cccc(CS(=O)(=O)N2C3CCC2CC(N2C(=O)CCC2=O)C3)c1. The van der Waals surface area contributed by atoms with E-state index in [-0.39, 0.29) is 35.7 Å². The fraction of sp³-hybridized carbons (Fsp3) is 0.579. The summed E-state index contributed by atoms with van der Waals surface area (Å²) in [5, 5.41) is 0. The Labute approximate surface area is 154 Å². The van der Waals surface area contributed by atoms with Gasteiger partial charge in [0, 0.05) is 31.0 Å². The van der Waals surface area contributed by atoms with Gasteiger partial charge >= 0.3 is 0 Å². The smallest absolute Gasteiger partial charge is 0.229 e. The Morgan fingerprint density at radius 2 is 1.62 bits per heavy atom. The van der Waals surface area contributed by atoms with Gasteiger partial charge in [-0.3, -0.25) is 14.5 Å². The summed E-state index contributed by atoms with van der Waals surface area (Å²) in [5.74, 6) is -0.195. The maximum atomic E-state index is 13.1. The Balaban J connectivity index is 1.52. The van der Waals surface area contributed by atoms with E-state index in [9.17, 15) is 18.0 Å². The highest BCUT2D eigenvalue weighted by Gasteiger charge is 2.50. The van der Waals surface area contributed by atoms with E-state index in [4.69, 9.17) is 0 Å². The summed E-state index contributed by atoms with van der Waals surface area (Å²) in [6.07, 6.45) is 3.34. The van der Waals surface area contributed by atoms with Gasteiger partial charge in [-0.1, -0.05) is 29.8 Å². The highest BCUT2D eigenvalue weighted by atomic mass is 32.2. The molecule has 2 amide bonds. The summed E-state index contributed by atoms with van der Waals surface area (Å²) in [7, 11) is -3.42. The number of sulfonamides is 1. The summed E-state index contributed by atoms with van der Waals surface area (Å²) < 4.78 is 27.8. The fourth-order valence-electron chi connectivity index (χ4n) is 4.86. The fourth-order valence-corrected chi connectivity index (χ4v) is 6.90. The number of piperidine rings is 1. The lowest BCUT2D eigenvalue weighted by Crippen LogP contribution is -2.53. The van der Waals surface area contributed by atoms with Crippen molar-refractivity contribution in [1.82, 2.24) is 9.21 Å². The van der Waals surface area contributed by atoms with Crippen molar-refractivity contribution < 1.29 is 18.0 Å². The lowest BCUT2D eigenvalue weighted by atomic mass is 9.98. The molecule has 3 heterocycles. The molecule has 0 N–H and O–H groups in total. The van der Waals surface area contributed by atoms with E-state index >= 15 is 0 Å². The van der Waals surface area contributed by atoms with E-state index < -0.39 is 10.0 Å². The first-order valence-corrected chi connectivity index (χ1v) is 10.9. The van der Waals surface area contributed by atoms with Gasteiger partial charge < -0.3 is 0 Å². The van der Waals surface area contributed by atoms with Gasteiger partial charge in [-0.15, -0.1) is 0 Å². The molecular weight excluding hydrogens is 352 g/mol. The minimum Gasteiger partial charge on any atom is -0.279 e. The number of hydrogen-bond acceptors (Lipinski definition) is 4. The average molecular weight is 376 g/mol. The quantitative estimate of drug-likeness (QED) is 0.753. The molecule has 0 aromatic heterocycles. The number of rotatable bonds is 4. The van der Waals surface area contributed by atoms with Crippen LogP contribution in [0.2, 0.25) is 0 Å². The predicted molar refractivity (Wildman–Crippen MR) is 96.6 cm³/mol. The molecule has 1 aromatic rings. The first kappa shape index (κ1) is 17.7. The van der Waals surface area contributed by atoms with Crippen LogP contribution in [0.15, 0.2) is 24.3 Å². The van der Waals surface area contributed by atoms with Crippen LogP contribution in [0.1, 0.15) is 49.7 Å². The number of likely N-dealkylation sites (tertiary alicyclic amines) is 1. The van der Waals surface area contributed by atoms with E-state index in [1.807, 2.05) is 31.2 Å². The lowest BCUT2D eigenvalue weighted by molar-refractivity contribution is -0.142. The maximum Gasteiger partial charge on any atom is 0.229 e. The number of carbonyl (C=O) groups excluding carboxylic acids is 2. The van der Waals surface area contributed by atoms with E-state index in [2.05, 4.69) is 0 Å². The van der Waals surface area contributed by atoms with Gasteiger partial charge in [-0.25, -0.2) is 8.42 Å². The van der Waals surface area contributed by atoms with Crippen LogP contribution in [0.4, 0.5) is 0 Å². The highest BCUT2D eigenvalue weighted by molar-refractivity contribution is 7.88. The molecule has 0 radical (unpaired) electrons. The molecule has 2 bridgehead atoms. The van der Waals surface area contributed by atoms with Gasteiger partial charge in [0.25, 0.3) is 0 Å². The molecular formula is C19H24N2O4S. The Morgan fingerprint density at radius 3 is 2.19 bits per heavy atom. The second-order valence-corrected chi connectivity index (χ2v) is 9.62. The molecule has 7 heteroatoms. The van der Waals surface area contributed by atoms with Crippen LogP contribution in [0, 0.1) is 6.92 Å². The van der Waals surface area contributed by atoms with Crippen molar-refractivity contribution in [3.8, 4) is 0 Å². The molecule has 3 saturated heterocycles. The Bertz CT molecular complexity index is 821. The molecule has 3 aliphatic rings. The van der Waals surface area contributed by atoms with Crippen molar-refractivity contribution in [2.75, 3.05) is 0 Å². The largest absolute Gasteiger partial charge is 0.279 e. The number of hydrogen-bond donors (Lipinski definition) is 0. The van der Waals surface area contributed by atoms with E-state index in [0.717, 1.165) is 24.0 Å². The van der Waals surface area contributed by atoms with Gasteiger partial charge in [-0.2, -0.15) is 4.31 Å². The average Bonchev–Trinajstić information content (AvgIpc) is 3.04. The van der Waals surface area contributed by atoms with Crippen molar-refractivity contribution in [1.29, 1.82) is 0 Å². The topological polar surface area (TPSA) is 74.8 Å². The van der Waals surface area contributed by atoms with Crippen LogP contribution in [0.3, 0.4) is 0 Å². The van der Waals surface area contributed by atoms with Crippen LogP contribution in [-0.2, 0) is 25.4 Å². The van der Waals surface area contributed by atoms with Gasteiger partial charge in [0.15, 0.2) is 0 Å². The zero-order chi connectivity index (χ0) is 18.5. The molecule has 1 aromatic carbocycles. The number of carbonyl (C=O) groups is 2. The minimum atomic E-state index is -3.42. The summed E-state index contributed by atoms with van der Waals surface area (Å²) >= 11 is 0. The zero-order valence-corrected chi connectivity index (χ0v) is 15.7. The molecule has 26 heavy (non-hydrogen) atoms. The van der Waals surface area contributed by atoms with Gasteiger partial charge in [0.2, 0.25) is 21.8 Å². The lowest BCUT2D eigenvalue weighted by Gasteiger charge is -2.40. The molecule has 6 nitrogen and oxygen atoms in total. The van der Waals surface area contributed by atoms with Crippen LogP contribution in [-0.4, -0.2) is 47.6 Å². The molecule has 0 spiro atoms. The molecule has 3 aliphatic heterocycles. The Kier molecular flexibility index (Phi) is 4.39. The summed E-state index contributed by atoms with van der Waals surface area (Å²) in [4.78, 5) is 25.5. The van der Waals surface area contributed by atoms with Crippen LogP contribution >= 0.6 is 0 Å². The summed E-state index contributed by atoms with van der Waals surface area (Å²) in [6.45, 7) is 1.95. The number of imide groups is 1. The van der Waals surface area contributed by atoms with Crippen LogP contribution in [0.25, 0.3) is 0 Å². The third-order valence-corrected chi connectivity index (χ3v) is 7.79. The van der Waals surface area contributed by atoms with E-state index in [1.165, 1.54) is 4.90 Å². The van der Waals surface area contributed by atoms with Gasteiger partial charge in [-0.05, 0) is 38.2 Å². The highest BCUT2D eigenvalue weighted by Crippen LogP contribution is 2.41. The first-order chi connectivity index (χ1) is 12.3. The molecule has 4 rings (SSSR count). The third-order valence-electron chi connectivity index (χ3n) is 5.85. The third kappa shape index (κ3) is 3.07. The molecule has 3 fully saturated rings. The minimum absolute atomic E-state index is 0.00786. The molecule has 0 aliphatic carbocycles. The maximum absolute atomic E-state index is 13.1. The van der Waals surface area contributed by atoms with Crippen molar-refractivity contribution in [3.05, 3.63) is 35.4 Å². The number of nitrogens with zero attached hydrogens (tertiary/aromatic N) is 2. The second-order valence-electron chi connectivity index (χ2n) is 7.74. The summed E-state index contributed by atoms with van der Waals surface area (Å²) in [5.41, 5.74) is 1.85. The van der Waals surface area contributed by atoms with Crippen molar-refractivity contribution in [3.63, 3.8) is 0 Å². The van der Waals surface area contributed by atoms with Crippen molar-refractivity contribution in [2.45, 2.75) is 69.3 Å². The first-order valence-electron chi connectivity index (χ1n) is 9.27. The molecule has 2 atom stereocenters. The van der Waals surface area contributed by atoms with Gasteiger partial charge in [0.05, 0.1) is 5.75 Å². The van der Waals surface area contributed by atoms with Crippen molar-refractivity contribution in [2.24, 2.45) is 0 Å². The number of fused-ring (bicyclic) bond motifs is 2. The van der Waals surface area contributed by atoms with Gasteiger partial charge in [0.1, 0.15) is 0 Å².